The first-order valence-electron chi connectivity index (χ1n) is 7.16. The molecule has 5 nitrogen and oxygen atoms in total. The molecule has 2 atom stereocenters. The summed E-state index contributed by atoms with van der Waals surface area (Å²) in [5, 5.41) is 9.22. The molecular formula is C16H21NO4. The number of piperidine rings is 1. The number of carboxylic acids is 1. The molecule has 0 spiro atoms. The van der Waals surface area contributed by atoms with Gasteiger partial charge in [0.05, 0.1) is 12.5 Å². The van der Waals surface area contributed by atoms with Gasteiger partial charge < -0.3 is 14.7 Å². The average Bonchev–Trinajstić information content (AvgIpc) is 2.47. The minimum atomic E-state index is -0.824. The number of ether oxygens (including phenoxy) is 1. The lowest BCUT2D eigenvalue weighted by atomic mass is 9.90. The number of benzene rings is 1. The van der Waals surface area contributed by atoms with E-state index in [1.54, 1.807) is 24.1 Å². The van der Waals surface area contributed by atoms with Gasteiger partial charge in [0.15, 0.2) is 0 Å². The van der Waals surface area contributed by atoms with Crippen molar-refractivity contribution in [3.05, 3.63) is 35.4 Å². The van der Waals surface area contributed by atoms with Crippen LogP contribution in [0.1, 0.15) is 35.7 Å². The molecule has 1 fully saturated rings. The molecule has 5 heteroatoms. The van der Waals surface area contributed by atoms with Crippen LogP contribution in [0.3, 0.4) is 0 Å². The maximum atomic E-state index is 12.5. The van der Waals surface area contributed by atoms with Crippen LogP contribution in [-0.2, 0) is 16.1 Å². The molecule has 114 valence electrons. The molecule has 0 saturated carbocycles. The second-order valence-electron chi connectivity index (χ2n) is 5.46. The third kappa shape index (κ3) is 3.42. The van der Waals surface area contributed by atoms with E-state index in [0.717, 1.165) is 12.0 Å². The third-order valence-corrected chi connectivity index (χ3v) is 4.08. The maximum Gasteiger partial charge on any atom is 0.308 e. The van der Waals surface area contributed by atoms with E-state index in [1.165, 1.54) is 0 Å². The Morgan fingerprint density at radius 1 is 1.33 bits per heavy atom. The molecule has 1 N–H and O–H groups in total. The Kier molecular flexibility index (Phi) is 4.96. The lowest BCUT2D eigenvalue weighted by molar-refractivity contribution is -0.144. The minimum absolute atomic E-state index is 0.0996. The van der Waals surface area contributed by atoms with Crippen LogP contribution in [-0.4, -0.2) is 41.6 Å². The smallest absolute Gasteiger partial charge is 0.308 e. The zero-order valence-corrected chi connectivity index (χ0v) is 12.4. The van der Waals surface area contributed by atoms with E-state index in [4.69, 9.17) is 4.74 Å². The number of rotatable bonds is 4. The van der Waals surface area contributed by atoms with Gasteiger partial charge in [-0.2, -0.15) is 0 Å². The number of hydrogen-bond donors (Lipinski definition) is 1. The van der Waals surface area contributed by atoms with Crippen molar-refractivity contribution in [2.75, 3.05) is 13.7 Å². The summed E-state index contributed by atoms with van der Waals surface area (Å²) in [5.41, 5.74) is 1.59. The molecule has 2 rings (SSSR count). The summed E-state index contributed by atoms with van der Waals surface area (Å²) >= 11 is 0. The number of aliphatic carboxylic acids is 1. The Morgan fingerprint density at radius 2 is 2.00 bits per heavy atom. The summed E-state index contributed by atoms with van der Waals surface area (Å²) in [6, 6.07) is 6.99. The van der Waals surface area contributed by atoms with E-state index in [2.05, 4.69) is 0 Å². The number of nitrogens with zero attached hydrogens (tertiary/aromatic N) is 1. The fourth-order valence-electron chi connectivity index (χ4n) is 2.84. The summed E-state index contributed by atoms with van der Waals surface area (Å²) < 4.78 is 5.04. The summed E-state index contributed by atoms with van der Waals surface area (Å²) in [6.45, 7) is 2.94. The highest BCUT2D eigenvalue weighted by atomic mass is 16.5. The van der Waals surface area contributed by atoms with Crippen LogP contribution >= 0.6 is 0 Å². The zero-order valence-electron chi connectivity index (χ0n) is 12.4. The Labute approximate surface area is 124 Å². The molecule has 0 aromatic heterocycles. The number of carboxylic acid groups (broad SMARTS) is 1. The number of carbonyl (C=O) groups excluding carboxylic acids is 1. The molecule has 1 amide bonds. The Bertz CT molecular complexity index is 512. The first kappa shape index (κ1) is 15.5. The largest absolute Gasteiger partial charge is 0.481 e. The van der Waals surface area contributed by atoms with E-state index >= 15 is 0 Å². The summed E-state index contributed by atoms with van der Waals surface area (Å²) in [5.74, 6) is -1.40. The summed E-state index contributed by atoms with van der Waals surface area (Å²) in [6.07, 6.45) is 1.36. The van der Waals surface area contributed by atoms with Gasteiger partial charge in [-0.3, -0.25) is 9.59 Å². The van der Waals surface area contributed by atoms with Gasteiger partial charge in [0, 0.05) is 25.3 Å². The second kappa shape index (κ2) is 6.72. The summed E-state index contributed by atoms with van der Waals surface area (Å²) in [7, 11) is 1.63. The Morgan fingerprint density at radius 3 is 2.57 bits per heavy atom. The lowest BCUT2D eigenvalue weighted by Crippen LogP contribution is -2.49. The predicted octanol–water partition coefficient (Wildman–Crippen LogP) is 2.16. The van der Waals surface area contributed by atoms with Crippen LogP contribution in [0, 0.1) is 5.92 Å². The molecule has 1 aliphatic heterocycles. The molecule has 1 heterocycles. The molecule has 1 saturated heterocycles. The molecule has 21 heavy (non-hydrogen) atoms. The second-order valence-corrected chi connectivity index (χ2v) is 5.46. The number of hydrogen-bond acceptors (Lipinski definition) is 3. The van der Waals surface area contributed by atoms with Gasteiger partial charge in [-0.05, 0) is 37.5 Å². The topological polar surface area (TPSA) is 66.8 Å². The first-order valence-corrected chi connectivity index (χ1v) is 7.16. The van der Waals surface area contributed by atoms with Crippen molar-refractivity contribution in [3.63, 3.8) is 0 Å². The van der Waals surface area contributed by atoms with Gasteiger partial charge in [0.25, 0.3) is 5.91 Å². The Balaban J connectivity index is 2.13. The minimum Gasteiger partial charge on any atom is -0.481 e. The van der Waals surface area contributed by atoms with Gasteiger partial charge >= 0.3 is 5.97 Å². The lowest BCUT2D eigenvalue weighted by Gasteiger charge is -2.37. The SMILES string of the molecule is COCc1ccc(C(=O)N2CCC[C@H](C(=O)O)[C@@H]2C)cc1. The van der Waals surface area contributed by atoms with Crippen molar-refractivity contribution in [3.8, 4) is 0 Å². The van der Waals surface area contributed by atoms with Gasteiger partial charge in [0.2, 0.25) is 0 Å². The van der Waals surface area contributed by atoms with Crippen molar-refractivity contribution in [1.29, 1.82) is 0 Å². The number of carbonyl (C=O) groups is 2. The van der Waals surface area contributed by atoms with E-state index < -0.39 is 11.9 Å². The molecule has 1 aromatic carbocycles. The van der Waals surface area contributed by atoms with Gasteiger partial charge in [-0.1, -0.05) is 12.1 Å². The molecule has 0 radical (unpaired) electrons. The molecule has 1 aliphatic rings. The summed E-state index contributed by atoms with van der Waals surface area (Å²) in [4.78, 5) is 25.5. The first-order chi connectivity index (χ1) is 10.0. The van der Waals surface area contributed by atoms with E-state index in [-0.39, 0.29) is 11.9 Å². The monoisotopic (exact) mass is 291 g/mol. The third-order valence-electron chi connectivity index (χ3n) is 4.08. The van der Waals surface area contributed by atoms with Gasteiger partial charge in [-0.15, -0.1) is 0 Å². The van der Waals surface area contributed by atoms with Gasteiger partial charge in [-0.25, -0.2) is 0 Å². The highest BCUT2D eigenvalue weighted by Gasteiger charge is 2.35. The quantitative estimate of drug-likeness (QED) is 0.923. The molecule has 0 unspecified atom stereocenters. The van der Waals surface area contributed by atoms with Crippen molar-refractivity contribution >= 4 is 11.9 Å². The van der Waals surface area contributed by atoms with E-state index in [9.17, 15) is 14.7 Å². The van der Waals surface area contributed by atoms with E-state index in [0.29, 0.717) is 25.1 Å². The molecule has 0 bridgehead atoms. The van der Waals surface area contributed by atoms with Crippen LogP contribution in [0.15, 0.2) is 24.3 Å². The van der Waals surface area contributed by atoms with Gasteiger partial charge in [0.1, 0.15) is 0 Å². The number of likely N-dealkylation sites (tertiary alicyclic amines) is 1. The van der Waals surface area contributed by atoms with Crippen molar-refractivity contribution in [1.82, 2.24) is 4.90 Å². The van der Waals surface area contributed by atoms with E-state index in [1.807, 2.05) is 19.1 Å². The fraction of sp³-hybridized carbons (Fsp3) is 0.500. The normalized spacial score (nSPS) is 22.1. The highest BCUT2D eigenvalue weighted by Crippen LogP contribution is 2.25. The van der Waals surface area contributed by atoms with Crippen LogP contribution in [0.5, 0.6) is 0 Å². The fourth-order valence-corrected chi connectivity index (χ4v) is 2.84. The Hall–Kier alpha value is -1.88. The van der Waals surface area contributed by atoms with Crippen LogP contribution < -0.4 is 0 Å². The predicted molar refractivity (Wildman–Crippen MR) is 78.0 cm³/mol. The molecule has 0 aliphatic carbocycles. The van der Waals surface area contributed by atoms with Crippen LogP contribution in [0.4, 0.5) is 0 Å². The zero-order chi connectivity index (χ0) is 15.4. The molecular weight excluding hydrogens is 270 g/mol. The standard InChI is InChI=1S/C16H21NO4/c1-11-14(16(19)20)4-3-9-17(11)15(18)13-7-5-12(6-8-13)10-21-2/h5-8,11,14H,3-4,9-10H2,1-2H3,(H,19,20)/t11-,14-/m0/s1. The number of methoxy groups -OCH3 is 1. The maximum absolute atomic E-state index is 12.5. The molecule has 1 aromatic rings. The van der Waals surface area contributed by atoms with Crippen molar-refractivity contribution in [2.24, 2.45) is 5.92 Å². The average molecular weight is 291 g/mol. The van der Waals surface area contributed by atoms with Crippen LogP contribution in [0.2, 0.25) is 0 Å². The highest BCUT2D eigenvalue weighted by molar-refractivity contribution is 5.94. The van der Waals surface area contributed by atoms with Crippen molar-refractivity contribution < 1.29 is 19.4 Å². The van der Waals surface area contributed by atoms with Crippen molar-refractivity contribution in [2.45, 2.75) is 32.4 Å². The van der Waals surface area contributed by atoms with Crippen LogP contribution in [0.25, 0.3) is 0 Å². The number of amides is 1.